The van der Waals surface area contributed by atoms with E-state index in [-0.39, 0.29) is 10.7 Å². The molecular weight excluding hydrogens is 440 g/mol. The summed E-state index contributed by atoms with van der Waals surface area (Å²) in [5.41, 5.74) is 0. The van der Waals surface area contributed by atoms with Crippen LogP contribution in [-0.2, 0) is 36.1 Å². The molecule has 0 spiro atoms. The maximum absolute atomic E-state index is 11.5. The topological polar surface area (TPSA) is 81.7 Å². The molecule has 1 unspecified atom stereocenters. The van der Waals surface area contributed by atoms with Crippen molar-refractivity contribution in [3.63, 3.8) is 0 Å². The van der Waals surface area contributed by atoms with Crippen molar-refractivity contribution in [3.05, 3.63) is 0 Å². The quantitative estimate of drug-likeness (QED) is 0.134. The van der Waals surface area contributed by atoms with Crippen LogP contribution in [0, 0.1) is 0 Å². The van der Waals surface area contributed by atoms with Gasteiger partial charge in [0.15, 0.2) is 0 Å². The van der Waals surface area contributed by atoms with Crippen LogP contribution >= 0.6 is 24.4 Å². The minimum atomic E-state index is -2.52. The predicted molar refractivity (Wildman–Crippen MR) is 118 cm³/mol. The van der Waals surface area contributed by atoms with Crippen LogP contribution in [0.4, 0.5) is 0 Å². The van der Waals surface area contributed by atoms with Gasteiger partial charge in [0.2, 0.25) is 0 Å². The van der Waals surface area contributed by atoms with E-state index < -0.39 is 17.6 Å². The fourth-order valence-electron chi connectivity index (χ4n) is 2.24. The van der Waals surface area contributed by atoms with Crippen LogP contribution in [0.3, 0.4) is 0 Å². The molecule has 8 nitrogen and oxygen atoms in total. The van der Waals surface area contributed by atoms with E-state index in [2.05, 4.69) is 12.6 Å². The summed E-state index contributed by atoms with van der Waals surface area (Å²) in [6, 6.07) is 1.48. The van der Waals surface area contributed by atoms with Gasteiger partial charge in [-0.2, -0.15) is 12.6 Å². The highest BCUT2D eigenvalue weighted by molar-refractivity contribution is 8.08. The van der Waals surface area contributed by atoms with Crippen LogP contribution in [0.25, 0.3) is 0 Å². The summed E-state index contributed by atoms with van der Waals surface area (Å²) in [6.07, 6.45) is 1.65. The van der Waals surface area contributed by atoms with Crippen LogP contribution in [0.2, 0.25) is 12.1 Å². The van der Waals surface area contributed by atoms with Gasteiger partial charge >= 0.3 is 23.6 Å². The van der Waals surface area contributed by atoms with Crippen molar-refractivity contribution in [2.24, 2.45) is 0 Å². The number of thiol groups is 1. The van der Waals surface area contributed by atoms with Gasteiger partial charge in [-0.1, -0.05) is 0 Å². The first-order chi connectivity index (χ1) is 13.3. The lowest BCUT2D eigenvalue weighted by Gasteiger charge is -2.24. The Bertz CT molecular complexity index is 416. The third-order valence-corrected chi connectivity index (χ3v) is 11.7. The second kappa shape index (κ2) is 14.4. The summed E-state index contributed by atoms with van der Waals surface area (Å²) < 4.78 is 36.3. The van der Waals surface area contributed by atoms with Gasteiger partial charge in [0.25, 0.3) is 0 Å². The lowest BCUT2D eigenvalue weighted by Crippen LogP contribution is -2.42. The fourth-order valence-corrected chi connectivity index (χ4v) is 6.62. The maximum Gasteiger partial charge on any atom is 0.500 e. The zero-order valence-corrected chi connectivity index (χ0v) is 21.8. The molecule has 0 aromatic rings. The second-order valence-electron chi connectivity index (χ2n) is 6.18. The molecule has 168 valence electrons. The molecule has 0 saturated carbocycles. The van der Waals surface area contributed by atoms with Gasteiger partial charge in [0.05, 0.1) is 6.61 Å². The fraction of sp³-hybridized carbons (Fsp3) is 0.938. The molecule has 0 N–H and O–H groups in total. The van der Waals surface area contributed by atoms with Crippen molar-refractivity contribution in [1.82, 2.24) is 0 Å². The van der Waals surface area contributed by atoms with Crippen LogP contribution in [0.1, 0.15) is 19.8 Å². The molecule has 1 saturated heterocycles. The van der Waals surface area contributed by atoms with Gasteiger partial charge in [-0.15, -0.1) is 11.8 Å². The number of carbonyl (C=O) groups is 1. The molecule has 12 heteroatoms. The van der Waals surface area contributed by atoms with Crippen molar-refractivity contribution in [2.45, 2.75) is 36.6 Å². The Morgan fingerprint density at radius 2 is 1.29 bits per heavy atom. The first kappa shape index (κ1) is 28.4. The van der Waals surface area contributed by atoms with E-state index in [1.807, 2.05) is 6.92 Å². The summed E-state index contributed by atoms with van der Waals surface area (Å²) in [7, 11) is 4.79. The number of ether oxygens (including phenoxy) is 1. The van der Waals surface area contributed by atoms with Crippen molar-refractivity contribution in [3.8, 4) is 0 Å². The van der Waals surface area contributed by atoms with Gasteiger partial charge in [0.1, 0.15) is 4.75 Å². The zero-order valence-electron chi connectivity index (χ0n) is 18.1. The van der Waals surface area contributed by atoms with E-state index in [0.29, 0.717) is 19.1 Å². The molecule has 1 atom stereocenters. The van der Waals surface area contributed by atoms with E-state index in [4.69, 9.17) is 31.3 Å². The van der Waals surface area contributed by atoms with Crippen LogP contribution in [0.15, 0.2) is 0 Å². The number of carbonyl (C=O) groups excluding carboxylic acids is 1. The first-order valence-corrected chi connectivity index (χ1v) is 14.5. The minimum Gasteiger partial charge on any atom is -0.465 e. The molecule has 0 aromatic carbocycles. The predicted octanol–water partition coefficient (Wildman–Crippen LogP) is 2.49. The minimum absolute atomic E-state index is 0.123. The highest BCUT2D eigenvalue weighted by atomic mass is 32.2. The zero-order chi connectivity index (χ0) is 21.7. The molecule has 1 aliphatic heterocycles. The van der Waals surface area contributed by atoms with Gasteiger partial charge in [-0.25, -0.2) is 0 Å². The summed E-state index contributed by atoms with van der Waals surface area (Å²) >= 11 is 5.72. The van der Waals surface area contributed by atoms with Crippen molar-refractivity contribution >= 4 is 48.0 Å². The Hall–Kier alpha value is 0.364. The Morgan fingerprint density at radius 1 is 0.893 bits per heavy atom. The van der Waals surface area contributed by atoms with Crippen molar-refractivity contribution < 1.29 is 36.1 Å². The Kier molecular flexibility index (Phi) is 14.6. The lowest BCUT2D eigenvalue weighted by atomic mass is 10.2. The van der Waals surface area contributed by atoms with E-state index >= 15 is 0 Å². The number of hydrogen-bond acceptors (Lipinski definition) is 10. The van der Waals surface area contributed by atoms with Gasteiger partial charge in [-0.05, 0) is 25.5 Å². The average Bonchev–Trinajstić information content (AvgIpc) is 3.49. The molecule has 1 fully saturated rings. The number of rotatable bonds is 14. The normalized spacial score (nSPS) is 19.0. The molecule has 0 bridgehead atoms. The van der Waals surface area contributed by atoms with Gasteiger partial charge in [0, 0.05) is 60.5 Å². The summed E-state index contributed by atoms with van der Waals surface area (Å²) in [5, 5.41) is 0. The third kappa shape index (κ3) is 9.45. The molecule has 0 aromatic heterocycles. The van der Waals surface area contributed by atoms with E-state index in [1.54, 1.807) is 54.4 Å². The van der Waals surface area contributed by atoms with Crippen LogP contribution < -0.4 is 0 Å². The second-order valence-corrected chi connectivity index (χ2v) is 14.3. The van der Waals surface area contributed by atoms with E-state index in [9.17, 15) is 4.79 Å². The molecule has 1 rings (SSSR count). The molecule has 1 heterocycles. The SMILES string of the molecule is CO[Si](CCCOC(=O)C1(C)CS1)(OC)OC.CO[Si](CCCS)(OC)OC. The molecule has 0 amide bonds. The molecular formula is C16H36O8S2Si2. The monoisotopic (exact) mass is 476 g/mol. The van der Waals surface area contributed by atoms with Gasteiger partial charge < -0.3 is 31.3 Å². The molecule has 0 radical (unpaired) electrons. The smallest absolute Gasteiger partial charge is 0.465 e. The number of thioether (sulfide) groups is 1. The Morgan fingerprint density at radius 3 is 1.61 bits per heavy atom. The van der Waals surface area contributed by atoms with Crippen molar-refractivity contribution in [2.75, 3.05) is 60.8 Å². The Balaban J connectivity index is 0.000000576. The first-order valence-electron chi connectivity index (χ1n) is 8.99. The molecule has 1 aliphatic rings. The Labute approximate surface area is 181 Å². The highest BCUT2D eigenvalue weighted by Gasteiger charge is 2.48. The molecule has 0 aliphatic carbocycles. The maximum atomic E-state index is 11.5. The van der Waals surface area contributed by atoms with Gasteiger partial charge in [-0.3, -0.25) is 4.79 Å². The standard InChI is InChI=1S/C10H20O5SSi.C6H16O3SSi/c1-10(8-16-10)9(11)15-6-5-7-17(12-2,13-3)14-4;1-7-11(8-2,9-3)6-4-5-10/h5-8H2,1-4H3;10H,4-6H2,1-3H3. The summed E-state index contributed by atoms with van der Waals surface area (Å²) in [6.45, 7) is 2.29. The van der Waals surface area contributed by atoms with Crippen LogP contribution in [-0.4, -0.2) is 89.1 Å². The van der Waals surface area contributed by atoms with Crippen molar-refractivity contribution in [1.29, 1.82) is 0 Å². The summed E-state index contributed by atoms with van der Waals surface area (Å²) in [5.74, 6) is 1.57. The highest BCUT2D eigenvalue weighted by Crippen LogP contribution is 2.45. The molecule has 28 heavy (non-hydrogen) atoms. The third-order valence-electron chi connectivity index (χ3n) is 4.38. The van der Waals surface area contributed by atoms with Crippen LogP contribution in [0.5, 0.6) is 0 Å². The average molecular weight is 477 g/mol. The van der Waals surface area contributed by atoms with E-state index in [0.717, 1.165) is 24.0 Å². The van der Waals surface area contributed by atoms with E-state index in [1.165, 1.54) is 0 Å². The number of esters is 1. The largest absolute Gasteiger partial charge is 0.500 e. The lowest BCUT2D eigenvalue weighted by molar-refractivity contribution is -0.144. The summed E-state index contributed by atoms with van der Waals surface area (Å²) in [4.78, 5) is 11.5. The number of hydrogen-bond donors (Lipinski definition) is 1.